The second-order valence-corrected chi connectivity index (χ2v) is 4.07. The Bertz CT molecular complexity index is 600. The Morgan fingerprint density at radius 1 is 1.28 bits per heavy atom. The number of pyridine rings is 1. The van der Waals surface area contributed by atoms with Crippen molar-refractivity contribution in [1.29, 1.82) is 0 Å². The molecule has 0 saturated carbocycles. The second-order valence-electron chi connectivity index (χ2n) is 3.63. The van der Waals surface area contributed by atoms with Gasteiger partial charge in [-0.25, -0.2) is 4.98 Å². The molecule has 0 fully saturated rings. The molecule has 5 nitrogen and oxygen atoms in total. The molecule has 0 bridgehead atoms. The number of anilines is 3. The van der Waals surface area contributed by atoms with E-state index in [-0.39, 0.29) is 5.69 Å². The number of nitrogens with two attached hydrogens (primary N) is 2. The summed E-state index contributed by atoms with van der Waals surface area (Å²) >= 11 is 5.87. The summed E-state index contributed by atoms with van der Waals surface area (Å²) < 4.78 is 0. The Morgan fingerprint density at radius 2 is 2.06 bits per heavy atom. The normalized spacial score (nSPS) is 10.1. The average molecular weight is 263 g/mol. The number of carbonyl (C=O) groups excluding carboxylic acids is 1. The van der Waals surface area contributed by atoms with Gasteiger partial charge in [-0.3, -0.25) is 4.79 Å². The van der Waals surface area contributed by atoms with Gasteiger partial charge in [-0.2, -0.15) is 0 Å². The minimum atomic E-state index is -0.607. The first-order valence-corrected chi connectivity index (χ1v) is 5.53. The number of nitrogen functional groups attached to an aromatic ring is 1. The van der Waals surface area contributed by atoms with E-state index in [2.05, 4.69) is 10.3 Å². The van der Waals surface area contributed by atoms with Gasteiger partial charge in [0.25, 0.3) is 5.91 Å². The predicted molar refractivity (Wildman–Crippen MR) is 71.9 cm³/mol. The van der Waals surface area contributed by atoms with Gasteiger partial charge in [0.1, 0.15) is 5.69 Å². The molecule has 18 heavy (non-hydrogen) atoms. The third-order valence-electron chi connectivity index (χ3n) is 2.27. The lowest BCUT2D eigenvalue weighted by molar-refractivity contribution is 0.0996. The minimum absolute atomic E-state index is 0.147. The van der Waals surface area contributed by atoms with E-state index in [1.54, 1.807) is 24.3 Å². The standard InChI is InChI=1S/C12H11ClN4O/c13-7-2-1-3-8(6-7)16-12-9(14)4-5-10(17-12)11(15)18/h1-6H,14H2,(H2,15,18)(H,16,17). The number of nitrogens with one attached hydrogen (secondary N) is 1. The summed E-state index contributed by atoms with van der Waals surface area (Å²) in [6, 6.07) is 10.1. The smallest absolute Gasteiger partial charge is 0.267 e. The van der Waals surface area contributed by atoms with Crippen molar-refractivity contribution in [2.75, 3.05) is 11.1 Å². The zero-order valence-electron chi connectivity index (χ0n) is 9.35. The maximum Gasteiger partial charge on any atom is 0.267 e. The highest BCUT2D eigenvalue weighted by Gasteiger charge is 2.07. The molecule has 0 aliphatic carbocycles. The summed E-state index contributed by atoms with van der Waals surface area (Å²) in [5.41, 5.74) is 12.2. The van der Waals surface area contributed by atoms with E-state index in [1.807, 2.05) is 6.07 Å². The third-order valence-corrected chi connectivity index (χ3v) is 2.50. The van der Waals surface area contributed by atoms with Crippen LogP contribution in [0.1, 0.15) is 10.5 Å². The van der Waals surface area contributed by atoms with Gasteiger partial charge in [-0.1, -0.05) is 17.7 Å². The molecule has 92 valence electrons. The van der Waals surface area contributed by atoms with Crippen molar-refractivity contribution in [3.8, 4) is 0 Å². The van der Waals surface area contributed by atoms with Crippen LogP contribution >= 0.6 is 11.6 Å². The fourth-order valence-electron chi connectivity index (χ4n) is 1.41. The van der Waals surface area contributed by atoms with Crippen LogP contribution in [-0.2, 0) is 0 Å². The number of carbonyl (C=O) groups is 1. The molecule has 1 amide bonds. The van der Waals surface area contributed by atoms with Gasteiger partial charge >= 0.3 is 0 Å². The number of rotatable bonds is 3. The Kier molecular flexibility index (Phi) is 3.34. The third kappa shape index (κ3) is 2.70. The number of nitrogens with zero attached hydrogens (tertiary/aromatic N) is 1. The largest absolute Gasteiger partial charge is 0.396 e. The van der Waals surface area contributed by atoms with E-state index >= 15 is 0 Å². The number of halogens is 1. The summed E-state index contributed by atoms with van der Waals surface area (Å²) in [5.74, 6) is -0.238. The minimum Gasteiger partial charge on any atom is -0.396 e. The zero-order valence-corrected chi connectivity index (χ0v) is 10.1. The van der Waals surface area contributed by atoms with E-state index in [1.165, 1.54) is 6.07 Å². The van der Waals surface area contributed by atoms with Gasteiger partial charge in [0.15, 0.2) is 5.82 Å². The molecule has 5 N–H and O–H groups in total. The highest BCUT2D eigenvalue weighted by atomic mass is 35.5. The fraction of sp³-hybridized carbons (Fsp3) is 0. The van der Waals surface area contributed by atoms with Gasteiger partial charge in [-0.05, 0) is 30.3 Å². The molecule has 0 aliphatic heterocycles. The number of hydrogen-bond donors (Lipinski definition) is 3. The topological polar surface area (TPSA) is 94.0 Å². The molecule has 1 heterocycles. The summed E-state index contributed by atoms with van der Waals surface area (Å²) in [4.78, 5) is 15.1. The van der Waals surface area contributed by atoms with E-state index in [0.29, 0.717) is 16.5 Å². The molecule has 6 heteroatoms. The van der Waals surface area contributed by atoms with Crippen molar-refractivity contribution in [2.24, 2.45) is 5.73 Å². The quantitative estimate of drug-likeness (QED) is 0.790. The summed E-state index contributed by atoms with van der Waals surface area (Å²) in [6.07, 6.45) is 0. The highest BCUT2D eigenvalue weighted by Crippen LogP contribution is 2.23. The lowest BCUT2D eigenvalue weighted by Gasteiger charge is -2.09. The van der Waals surface area contributed by atoms with E-state index < -0.39 is 5.91 Å². The van der Waals surface area contributed by atoms with Crippen LogP contribution in [0.25, 0.3) is 0 Å². The predicted octanol–water partition coefficient (Wildman–Crippen LogP) is 2.16. The van der Waals surface area contributed by atoms with Gasteiger partial charge in [-0.15, -0.1) is 0 Å². The van der Waals surface area contributed by atoms with E-state index in [4.69, 9.17) is 23.1 Å². The average Bonchev–Trinajstić information content (AvgIpc) is 2.31. The van der Waals surface area contributed by atoms with Crippen LogP contribution in [0.4, 0.5) is 17.2 Å². The molecular formula is C12H11ClN4O. The Balaban J connectivity index is 2.33. The number of primary amides is 1. The van der Waals surface area contributed by atoms with Crippen molar-refractivity contribution in [3.05, 3.63) is 47.1 Å². The van der Waals surface area contributed by atoms with Gasteiger partial charge in [0.2, 0.25) is 0 Å². The molecule has 0 atom stereocenters. The second kappa shape index (κ2) is 4.93. The molecular weight excluding hydrogens is 252 g/mol. The van der Waals surface area contributed by atoms with Crippen LogP contribution in [0.15, 0.2) is 36.4 Å². The summed E-state index contributed by atoms with van der Waals surface area (Å²) in [6.45, 7) is 0. The van der Waals surface area contributed by atoms with Crippen LogP contribution in [0.3, 0.4) is 0 Å². The first-order valence-electron chi connectivity index (χ1n) is 5.15. The summed E-state index contributed by atoms with van der Waals surface area (Å²) in [5, 5.41) is 3.57. The molecule has 1 aromatic heterocycles. The maximum absolute atomic E-state index is 11.0. The Morgan fingerprint density at radius 3 is 2.72 bits per heavy atom. The van der Waals surface area contributed by atoms with Crippen molar-refractivity contribution < 1.29 is 4.79 Å². The Hall–Kier alpha value is -2.27. The molecule has 0 spiro atoms. The SMILES string of the molecule is NC(=O)c1ccc(N)c(Nc2cccc(Cl)c2)n1. The lowest BCUT2D eigenvalue weighted by Crippen LogP contribution is -2.14. The molecule has 0 unspecified atom stereocenters. The first kappa shape index (κ1) is 12.2. The Labute approximate surface area is 109 Å². The highest BCUT2D eigenvalue weighted by molar-refractivity contribution is 6.30. The van der Waals surface area contributed by atoms with Crippen LogP contribution in [0, 0.1) is 0 Å². The fourth-order valence-corrected chi connectivity index (χ4v) is 1.60. The maximum atomic E-state index is 11.0. The van der Waals surface area contributed by atoms with Crippen molar-refractivity contribution >= 4 is 34.7 Å². The van der Waals surface area contributed by atoms with Gasteiger partial charge < -0.3 is 16.8 Å². The molecule has 0 saturated heterocycles. The van der Waals surface area contributed by atoms with E-state index in [0.717, 1.165) is 5.69 Å². The molecule has 2 rings (SSSR count). The van der Waals surface area contributed by atoms with E-state index in [9.17, 15) is 4.79 Å². The van der Waals surface area contributed by atoms with Crippen LogP contribution < -0.4 is 16.8 Å². The number of hydrogen-bond acceptors (Lipinski definition) is 4. The lowest BCUT2D eigenvalue weighted by atomic mass is 10.3. The van der Waals surface area contributed by atoms with Gasteiger partial charge in [0.05, 0.1) is 5.69 Å². The monoisotopic (exact) mass is 262 g/mol. The number of amides is 1. The summed E-state index contributed by atoms with van der Waals surface area (Å²) in [7, 11) is 0. The van der Waals surface area contributed by atoms with Crippen LogP contribution in [0.5, 0.6) is 0 Å². The molecule has 1 aromatic carbocycles. The molecule has 0 aliphatic rings. The van der Waals surface area contributed by atoms with Crippen molar-refractivity contribution in [1.82, 2.24) is 4.98 Å². The van der Waals surface area contributed by atoms with Crippen LogP contribution in [-0.4, -0.2) is 10.9 Å². The molecule has 2 aromatic rings. The first-order chi connectivity index (χ1) is 8.56. The van der Waals surface area contributed by atoms with Crippen molar-refractivity contribution in [3.63, 3.8) is 0 Å². The molecule has 0 radical (unpaired) electrons. The zero-order chi connectivity index (χ0) is 13.1. The number of aromatic nitrogens is 1. The number of benzene rings is 1. The van der Waals surface area contributed by atoms with Crippen molar-refractivity contribution in [2.45, 2.75) is 0 Å². The van der Waals surface area contributed by atoms with Gasteiger partial charge in [0, 0.05) is 10.7 Å². The van der Waals surface area contributed by atoms with Crippen LogP contribution in [0.2, 0.25) is 5.02 Å².